The molecule has 1 heterocycles. The predicted molar refractivity (Wildman–Crippen MR) is 91.6 cm³/mol. The molecule has 22 heavy (non-hydrogen) atoms. The van der Waals surface area contributed by atoms with Crippen LogP contribution in [0.4, 0.5) is 0 Å². The van der Waals surface area contributed by atoms with Gasteiger partial charge in [0.25, 0.3) is 0 Å². The minimum absolute atomic E-state index is 0.405. The molecule has 112 valence electrons. The van der Waals surface area contributed by atoms with Crippen molar-refractivity contribution in [2.75, 3.05) is 0 Å². The van der Waals surface area contributed by atoms with Crippen LogP contribution in [-0.2, 0) is 18.8 Å². The molecule has 0 radical (unpaired) electrons. The van der Waals surface area contributed by atoms with Gasteiger partial charge >= 0.3 is 0 Å². The predicted octanol–water partition coefficient (Wildman–Crippen LogP) is 4.91. The van der Waals surface area contributed by atoms with E-state index >= 15 is 0 Å². The number of hydrogen-bond acceptors (Lipinski definition) is 1. The van der Waals surface area contributed by atoms with Gasteiger partial charge in [-0.2, -0.15) is 0 Å². The second-order valence-corrected chi connectivity index (χ2v) is 5.90. The van der Waals surface area contributed by atoms with E-state index in [0.717, 1.165) is 29.5 Å². The molecule has 2 nitrogen and oxygen atoms in total. The Morgan fingerprint density at radius 1 is 0.909 bits per heavy atom. The van der Waals surface area contributed by atoms with E-state index < -0.39 is 0 Å². The maximum atomic E-state index is 6.04. The summed E-state index contributed by atoms with van der Waals surface area (Å²) in [5.41, 5.74) is 3.47. The zero-order valence-corrected chi connectivity index (χ0v) is 13.6. The third-order valence-corrected chi connectivity index (χ3v) is 4.01. The Labute approximate surface area is 140 Å². The second-order valence-electron chi connectivity index (χ2n) is 5.20. The second kappa shape index (κ2) is 6.99. The summed E-state index contributed by atoms with van der Waals surface area (Å²) >= 11 is 12.0. The highest BCUT2D eigenvalue weighted by Crippen LogP contribution is 2.15. The fraction of sp³-hybridized carbons (Fsp3) is 0.167. The van der Waals surface area contributed by atoms with Crippen molar-refractivity contribution in [1.82, 2.24) is 9.55 Å². The Bertz CT molecular complexity index is 734. The van der Waals surface area contributed by atoms with E-state index in [1.165, 1.54) is 11.1 Å². The summed E-state index contributed by atoms with van der Waals surface area (Å²) in [6, 6.07) is 18.2. The first-order valence-corrected chi connectivity index (χ1v) is 8.05. The lowest BCUT2D eigenvalue weighted by Gasteiger charge is -2.05. The summed E-state index contributed by atoms with van der Waals surface area (Å²) in [7, 11) is 0. The normalized spacial score (nSPS) is 10.8. The Hall–Kier alpha value is -1.77. The van der Waals surface area contributed by atoms with Crippen LogP contribution in [0.3, 0.4) is 0 Å². The van der Waals surface area contributed by atoms with Gasteiger partial charge in [0.15, 0.2) is 0 Å². The molecule has 0 aliphatic carbocycles. The van der Waals surface area contributed by atoms with Gasteiger partial charge in [0, 0.05) is 24.2 Å². The summed E-state index contributed by atoms with van der Waals surface area (Å²) in [5.74, 6) is 1.30. The molecule has 0 saturated heterocycles. The van der Waals surface area contributed by atoms with Crippen LogP contribution >= 0.6 is 23.2 Å². The molecule has 0 aliphatic heterocycles. The van der Waals surface area contributed by atoms with Crippen LogP contribution in [0.2, 0.25) is 5.02 Å². The van der Waals surface area contributed by atoms with E-state index in [9.17, 15) is 0 Å². The van der Waals surface area contributed by atoms with Gasteiger partial charge in [-0.15, -0.1) is 11.6 Å². The van der Waals surface area contributed by atoms with Crippen molar-refractivity contribution in [3.05, 3.63) is 88.5 Å². The van der Waals surface area contributed by atoms with Crippen LogP contribution in [0, 0.1) is 0 Å². The zero-order valence-electron chi connectivity index (χ0n) is 12.0. The Kier molecular flexibility index (Phi) is 4.81. The van der Waals surface area contributed by atoms with Crippen LogP contribution in [0.1, 0.15) is 22.6 Å². The Morgan fingerprint density at radius 2 is 1.64 bits per heavy atom. The number of alkyl halides is 1. The van der Waals surface area contributed by atoms with Crippen molar-refractivity contribution in [2.24, 2.45) is 0 Å². The van der Waals surface area contributed by atoms with Crippen LogP contribution in [-0.4, -0.2) is 9.55 Å². The molecule has 2 aromatic carbocycles. The van der Waals surface area contributed by atoms with Crippen molar-refractivity contribution >= 4 is 23.2 Å². The zero-order chi connectivity index (χ0) is 15.4. The van der Waals surface area contributed by atoms with Crippen LogP contribution < -0.4 is 0 Å². The molecule has 3 aromatic rings. The molecule has 0 bridgehead atoms. The molecule has 1 aromatic heterocycles. The number of halogens is 2. The van der Waals surface area contributed by atoms with Gasteiger partial charge in [0.05, 0.1) is 11.6 Å². The first-order valence-electron chi connectivity index (χ1n) is 7.14. The molecule has 0 atom stereocenters. The average Bonchev–Trinajstić information content (AvgIpc) is 2.92. The molecule has 0 N–H and O–H groups in total. The fourth-order valence-corrected chi connectivity index (χ4v) is 2.77. The highest BCUT2D eigenvalue weighted by molar-refractivity contribution is 6.30. The number of aromatic nitrogens is 2. The van der Waals surface area contributed by atoms with Crippen molar-refractivity contribution in [3.8, 4) is 0 Å². The van der Waals surface area contributed by atoms with Crippen molar-refractivity contribution in [2.45, 2.75) is 18.8 Å². The van der Waals surface area contributed by atoms with Crippen LogP contribution in [0.5, 0.6) is 0 Å². The number of nitrogens with zero attached hydrogens (tertiary/aromatic N) is 2. The van der Waals surface area contributed by atoms with Crippen molar-refractivity contribution in [3.63, 3.8) is 0 Å². The summed E-state index contributed by atoms with van der Waals surface area (Å²) in [6.45, 7) is 0.751. The van der Waals surface area contributed by atoms with Gasteiger partial charge in [-0.25, -0.2) is 4.98 Å². The largest absolute Gasteiger partial charge is 0.329 e. The number of hydrogen-bond donors (Lipinski definition) is 0. The van der Waals surface area contributed by atoms with Crippen LogP contribution in [0.15, 0.2) is 60.8 Å². The molecule has 0 aliphatic rings. The summed E-state index contributed by atoms with van der Waals surface area (Å²) < 4.78 is 2.11. The molecule has 0 spiro atoms. The molecular weight excluding hydrogens is 315 g/mol. The van der Waals surface area contributed by atoms with E-state index in [1.807, 2.05) is 42.5 Å². The first kappa shape index (κ1) is 15.1. The number of imidazole rings is 1. The smallest absolute Gasteiger partial charge is 0.124 e. The van der Waals surface area contributed by atoms with E-state index in [-0.39, 0.29) is 0 Å². The minimum atomic E-state index is 0.405. The quantitative estimate of drug-likeness (QED) is 0.607. The van der Waals surface area contributed by atoms with Crippen molar-refractivity contribution in [1.29, 1.82) is 0 Å². The lowest BCUT2D eigenvalue weighted by atomic mass is 10.1. The third-order valence-electron chi connectivity index (χ3n) is 3.52. The summed E-state index contributed by atoms with van der Waals surface area (Å²) in [5, 5.41) is 0.747. The molecule has 0 saturated carbocycles. The number of benzene rings is 2. The lowest BCUT2D eigenvalue weighted by Crippen LogP contribution is -2.02. The summed E-state index contributed by atoms with van der Waals surface area (Å²) in [4.78, 5) is 4.64. The number of rotatable bonds is 5. The first-order chi connectivity index (χ1) is 10.7. The molecule has 0 fully saturated rings. The molecular formula is C18H16Cl2N2. The van der Waals surface area contributed by atoms with E-state index in [2.05, 4.69) is 27.9 Å². The molecule has 0 amide bonds. The van der Waals surface area contributed by atoms with Gasteiger partial charge in [-0.3, -0.25) is 0 Å². The molecule has 3 rings (SSSR count). The van der Waals surface area contributed by atoms with Gasteiger partial charge < -0.3 is 4.57 Å². The maximum Gasteiger partial charge on any atom is 0.124 e. The molecule has 4 heteroatoms. The maximum absolute atomic E-state index is 6.04. The molecule has 0 unspecified atom stereocenters. The van der Waals surface area contributed by atoms with Crippen molar-refractivity contribution < 1.29 is 0 Å². The highest BCUT2D eigenvalue weighted by Gasteiger charge is 2.08. The van der Waals surface area contributed by atoms with E-state index in [4.69, 9.17) is 23.2 Å². The average molecular weight is 331 g/mol. The van der Waals surface area contributed by atoms with Gasteiger partial charge in [0.2, 0.25) is 0 Å². The SMILES string of the molecule is ClCc1nc(Cc2ccccc2)cn1Cc1ccc(Cl)cc1. The summed E-state index contributed by atoms with van der Waals surface area (Å²) in [6.07, 6.45) is 2.90. The standard InChI is InChI=1S/C18H16Cl2N2/c19-11-18-21-17(10-14-4-2-1-3-5-14)13-22(18)12-15-6-8-16(20)9-7-15/h1-9,13H,10-12H2. The monoisotopic (exact) mass is 330 g/mol. The topological polar surface area (TPSA) is 17.8 Å². The Morgan fingerprint density at radius 3 is 2.32 bits per heavy atom. The lowest BCUT2D eigenvalue weighted by molar-refractivity contribution is 0.755. The van der Waals surface area contributed by atoms with Gasteiger partial charge in [-0.05, 0) is 23.3 Å². The van der Waals surface area contributed by atoms with Gasteiger partial charge in [-0.1, -0.05) is 54.1 Å². The van der Waals surface area contributed by atoms with Crippen LogP contribution in [0.25, 0.3) is 0 Å². The Balaban J connectivity index is 1.80. The third kappa shape index (κ3) is 3.70. The van der Waals surface area contributed by atoms with E-state index in [1.54, 1.807) is 0 Å². The van der Waals surface area contributed by atoms with Gasteiger partial charge in [0.1, 0.15) is 5.82 Å². The fourth-order valence-electron chi connectivity index (χ4n) is 2.43. The van der Waals surface area contributed by atoms with E-state index in [0.29, 0.717) is 5.88 Å². The highest BCUT2D eigenvalue weighted by atomic mass is 35.5. The minimum Gasteiger partial charge on any atom is -0.329 e.